The fourth-order valence-corrected chi connectivity index (χ4v) is 1.66. The maximum atomic E-state index is 5.26. The van der Waals surface area contributed by atoms with Gasteiger partial charge in [0.1, 0.15) is 0 Å². The molecule has 0 aliphatic carbocycles. The van der Waals surface area contributed by atoms with E-state index in [4.69, 9.17) is 9.78 Å². The summed E-state index contributed by atoms with van der Waals surface area (Å²) >= 11 is 0.947. The Balaban J connectivity index is 2.03. The SMILES string of the molecule is [Na][c]1ccccc1OOc1ccccc1. The molecule has 0 aromatic heterocycles. The van der Waals surface area contributed by atoms with Crippen molar-refractivity contribution < 1.29 is 9.78 Å². The molecule has 3 heteroatoms. The Labute approximate surface area is 106 Å². The van der Waals surface area contributed by atoms with Crippen LogP contribution in [0.25, 0.3) is 0 Å². The van der Waals surface area contributed by atoms with Crippen molar-refractivity contribution in [2.24, 2.45) is 0 Å². The van der Waals surface area contributed by atoms with Crippen molar-refractivity contribution in [2.45, 2.75) is 0 Å². The summed E-state index contributed by atoms with van der Waals surface area (Å²) in [6.45, 7) is 0. The van der Waals surface area contributed by atoms with Crippen molar-refractivity contribution in [3.05, 3.63) is 54.6 Å². The zero-order valence-electron chi connectivity index (χ0n) is 8.51. The van der Waals surface area contributed by atoms with E-state index in [9.17, 15) is 0 Å². The van der Waals surface area contributed by atoms with Crippen LogP contribution in [-0.2, 0) is 0 Å². The molecule has 0 fully saturated rings. The molecule has 0 amide bonds. The van der Waals surface area contributed by atoms with Gasteiger partial charge in [-0.2, -0.15) is 0 Å². The molecule has 0 radical (unpaired) electrons. The topological polar surface area (TPSA) is 18.5 Å². The molecule has 0 saturated heterocycles. The summed E-state index contributed by atoms with van der Waals surface area (Å²) in [6, 6.07) is 17.3. The Kier molecular flexibility index (Phi) is 3.67. The fourth-order valence-electron chi connectivity index (χ4n) is 1.22. The first kappa shape index (κ1) is 10.6. The Bertz CT molecular complexity index is 429. The molecule has 2 aromatic rings. The molecular weight excluding hydrogens is 199 g/mol. The van der Waals surface area contributed by atoms with Gasteiger partial charge < -0.3 is 0 Å². The minimum atomic E-state index is 0.711. The summed E-state index contributed by atoms with van der Waals surface area (Å²) in [6.07, 6.45) is 0. The van der Waals surface area contributed by atoms with E-state index in [2.05, 4.69) is 0 Å². The van der Waals surface area contributed by atoms with Crippen molar-refractivity contribution >= 4 is 30.7 Å². The monoisotopic (exact) mass is 208 g/mol. The van der Waals surface area contributed by atoms with Gasteiger partial charge >= 0.3 is 107 Å². The quantitative estimate of drug-likeness (QED) is 0.435. The molecule has 0 aliphatic rings. The first-order chi connectivity index (χ1) is 7.36. The van der Waals surface area contributed by atoms with E-state index in [0.29, 0.717) is 5.75 Å². The minimum absolute atomic E-state index is 0.711. The van der Waals surface area contributed by atoms with Crippen molar-refractivity contribution in [3.8, 4) is 11.5 Å². The summed E-state index contributed by atoms with van der Waals surface area (Å²) < 4.78 is 1.19. The molecule has 2 rings (SSSR count). The molecule has 0 unspecified atom stereocenters. The third kappa shape index (κ3) is 2.99. The van der Waals surface area contributed by atoms with Crippen LogP contribution in [0, 0.1) is 0 Å². The van der Waals surface area contributed by atoms with E-state index in [1.165, 1.54) is 2.81 Å². The van der Waals surface area contributed by atoms with Crippen LogP contribution in [0.4, 0.5) is 0 Å². The van der Waals surface area contributed by atoms with Gasteiger partial charge in [0.25, 0.3) is 0 Å². The van der Waals surface area contributed by atoms with Crippen molar-refractivity contribution in [1.29, 1.82) is 0 Å². The van der Waals surface area contributed by atoms with Gasteiger partial charge in [-0.1, -0.05) is 0 Å². The normalized spacial score (nSPS) is 9.73. The standard InChI is InChI=1S/C12H9O2.Na/c1-3-7-11(8-4-1)13-14-12-9-5-2-6-10-12;/h1-9H;. The average Bonchev–Trinajstić information content (AvgIpc) is 2.29. The van der Waals surface area contributed by atoms with E-state index < -0.39 is 0 Å². The van der Waals surface area contributed by atoms with Crippen LogP contribution < -0.4 is 12.6 Å². The van der Waals surface area contributed by atoms with E-state index >= 15 is 0 Å². The van der Waals surface area contributed by atoms with Gasteiger partial charge in [0.2, 0.25) is 0 Å². The summed E-state index contributed by atoms with van der Waals surface area (Å²) in [5.41, 5.74) is 0. The molecule has 15 heavy (non-hydrogen) atoms. The molecule has 0 atom stereocenters. The summed E-state index contributed by atoms with van der Waals surface area (Å²) in [7, 11) is 0. The number of para-hydroxylation sites is 2. The zero-order valence-corrected chi connectivity index (χ0v) is 10.5. The average molecular weight is 208 g/mol. The van der Waals surface area contributed by atoms with Gasteiger partial charge in [-0.3, -0.25) is 0 Å². The molecule has 70 valence electrons. The predicted molar refractivity (Wildman–Crippen MR) is 59.5 cm³/mol. The number of hydrogen-bond donors (Lipinski definition) is 0. The van der Waals surface area contributed by atoms with Crippen LogP contribution in [0.5, 0.6) is 11.5 Å². The molecule has 2 aromatic carbocycles. The zero-order chi connectivity index (χ0) is 10.5. The van der Waals surface area contributed by atoms with Crippen LogP contribution in [-0.4, -0.2) is 27.9 Å². The van der Waals surface area contributed by atoms with Gasteiger partial charge in [-0.25, -0.2) is 0 Å². The van der Waals surface area contributed by atoms with E-state index in [-0.39, 0.29) is 0 Å². The molecule has 0 N–H and O–H groups in total. The third-order valence-electron chi connectivity index (χ3n) is 2.06. The molecule has 2 nitrogen and oxygen atoms in total. The molecule has 0 spiro atoms. The van der Waals surface area contributed by atoms with Crippen molar-refractivity contribution in [1.82, 2.24) is 0 Å². The Morgan fingerprint density at radius 3 is 2.13 bits per heavy atom. The Morgan fingerprint density at radius 2 is 1.40 bits per heavy atom. The number of rotatable bonds is 3. The first-order valence-corrected chi connectivity index (χ1v) is 5.81. The van der Waals surface area contributed by atoms with Gasteiger partial charge in [-0.15, -0.1) is 0 Å². The first-order valence-electron chi connectivity index (χ1n) is 4.81. The summed E-state index contributed by atoms with van der Waals surface area (Å²) in [4.78, 5) is 10.5. The molecular formula is C12H9NaO2. The number of hydrogen-bond acceptors (Lipinski definition) is 2. The second-order valence-corrected chi connectivity index (χ2v) is 4.32. The molecule has 0 bridgehead atoms. The molecule has 0 heterocycles. The van der Waals surface area contributed by atoms with Gasteiger partial charge in [0.15, 0.2) is 0 Å². The van der Waals surface area contributed by atoms with Gasteiger partial charge in [0, 0.05) is 0 Å². The van der Waals surface area contributed by atoms with Crippen LogP contribution in [0.1, 0.15) is 0 Å². The van der Waals surface area contributed by atoms with Crippen LogP contribution in [0.15, 0.2) is 54.6 Å². The molecule has 0 aliphatic heterocycles. The second-order valence-electron chi connectivity index (χ2n) is 3.25. The molecule has 0 saturated carbocycles. The van der Waals surface area contributed by atoms with E-state index in [1.807, 2.05) is 54.6 Å². The second kappa shape index (κ2) is 5.21. The Morgan fingerprint density at radius 1 is 0.733 bits per heavy atom. The van der Waals surface area contributed by atoms with Gasteiger partial charge in [-0.05, 0) is 0 Å². The summed E-state index contributed by atoms with van der Waals surface area (Å²) in [5, 5.41) is 0. The van der Waals surface area contributed by atoms with Crippen molar-refractivity contribution in [3.63, 3.8) is 0 Å². The fraction of sp³-hybridized carbons (Fsp3) is 0. The predicted octanol–water partition coefficient (Wildman–Crippen LogP) is 1.85. The number of benzene rings is 2. The summed E-state index contributed by atoms with van der Waals surface area (Å²) in [5.74, 6) is 1.51. The van der Waals surface area contributed by atoms with E-state index in [1.54, 1.807) is 0 Å². The maximum absolute atomic E-state index is 5.26. The third-order valence-corrected chi connectivity index (χ3v) is 2.89. The Hall–Kier alpha value is -0.960. The van der Waals surface area contributed by atoms with Crippen molar-refractivity contribution in [2.75, 3.05) is 0 Å². The van der Waals surface area contributed by atoms with Crippen LogP contribution >= 0.6 is 0 Å². The van der Waals surface area contributed by atoms with Crippen LogP contribution in [0.3, 0.4) is 0 Å². The van der Waals surface area contributed by atoms with Gasteiger partial charge in [0.05, 0.1) is 0 Å². The van der Waals surface area contributed by atoms with E-state index in [0.717, 1.165) is 33.7 Å². The van der Waals surface area contributed by atoms with Crippen LogP contribution in [0.2, 0.25) is 0 Å².